The fourth-order valence-corrected chi connectivity index (χ4v) is 1.19. The smallest absolute Gasteiger partial charge is 0.115 e. The number of aliphatic imine (C=N–C) groups is 1. The molecule has 0 heterocycles. The Morgan fingerprint density at radius 2 is 2.23 bits per heavy atom. The van der Waals surface area contributed by atoms with E-state index in [0.29, 0.717) is 16.5 Å². The molecule has 0 aliphatic heterocycles. The molecule has 0 atom stereocenters. The highest BCUT2D eigenvalue weighted by atomic mass is 35.5. The Balaban J connectivity index is 3.07. The first-order valence-electron chi connectivity index (χ1n) is 3.51. The molecular formula is C8H8Cl2N2S. The van der Waals surface area contributed by atoms with Gasteiger partial charge in [-0.2, -0.15) is 0 Å². The Hall–Kier alpha value is -0.380. The quantitative estimate of drug-likeness (QED) is 0.352. The molecule has 0 bridgehead atoms. The van der Waals surface area contributed by atoms with E-state index in [0.717, 1.165) is 4.90 Å². The predicted octanol–water partition coefficient (Wildman–Crippen LogP) is 2.86. The largest absolute Gasteiger partial charge is 0.386 e. The molecule has 0 fully saturated rings. The molecule has 0 saturated heterocycles. The van der Waals surface area contributed by atoms with Crippen LogP contribution < -0.4 is 5.73 Å². The number of hydrogen-bond donors (Lipinski definition) is 2. The summed E-state index contributed by atoms with van der Waals surface area (Å²) in [4.78, 5) is 4.76. The molecule has 1 aromatic carbocycles. The average molecular weight is 235 g/mol. The first-order chi connectivity index (χ1) is 6.13. The maximum Gasteiger partial charge on any atom is 0.115 e. The van der Waals surface area contributed by atoms with Gasteiger partial charge < -0.3 is 5.73 Å². The normalized spacial score (nSPS) is 11.8. The van der Waals surface area contributed by atoms with Crippen LogP contribution in [0, 0.1) is 0 Å². The van der Waals surface area contributed by atoms with Gasteiger partial charge in [0.2, 0.25) is 0 Å². The molecule has 1 rings (SSSR count). The second-order valence-electron chi connectivity index (χ2n) is 2.37. The van der Waals surface area contributed by atoms with Gasteiger partial charge in [0, 0.05) is 9.92 Å². The molecule has 70 valence electrons. The third-order valence-corrected chi connectivity index (χ3v) is 2.23. The molecule has 0 aromatic heterocycles. The molecule has 2 nitrogen and oxygen atoms in total. The van der Waals surface area contributed by atoms with E-state index in [4.69, 9.17) is 28.9 Å². The Bertz CT molecular complexity index is 339. The summed E-state index contributed by atoms with van der Waals surface area (Å²) in [5.41, 5.74) is 6.10. The standard InChI is InChI=1S/C8H8Cl2N2S/c9-4-8(11)12-6-3-5(10)1-2-7(6)13/h1-3,13H,4H2,(H2,11,12). The molecule has 0 amide bonds. The summed E-state index contributed by atoms with van der Waals surface area (Å²) < 4.78 is 0. The molecule has 1 aromatic rings. The first-order valence-corrected chi connectivity index (χ1v) is 4.87. The Morgan fingerprint density at radius 3 is 2.85 bits per heavy atom. The van der Waals surface area contributed by atoms with Gasteiger partial charge >= 0.3 is 0 Å². The molecule has 0 aliphatic rings. The van der Waals surface area contributed by atoms with Crippen LogP contribution in [0.2, 0.25) is 5.02 Å². The van der Waals surface area contributed by atoms with Crippen LogP contribution in [0.4, 0.5) is 5.69 Å². The van der Waals surface area contributed by atoms with Crippen LogP contribution in [-0.4, -0.2) is 11.7 Å². The number of amidine groups is 1. The lowest BCUT2D eigenvalue weighted by atomic mass is 10.3. The van der Waals surface area contributed by atoms with Gasteiger partial charge in [-0.3, -0.25) is 0 Å². The van der Waals surface area contributed by atoms with Crippen LogP contribution in [-0.2, 0) is 0 Å². The topological polar surface area (TPSA) is 38.4 Å². The number of alkyl halides is 1. The molecule has 5 heteroatoms. The summed E-state index contributed by atoms with van der Waals surface area (Å²) in [6, 6.07) is 5.18. The maximum absolute atomic E-state index is 5.77. The van der Waals surface area contributed by atoms with Crippen molar-refractivity contribution in [3.8, 4) is 0 Å². The summed E-state index contributed by atoms with van der Waals surface area (Å²) in [7, 11) is 0. The van der Waals surface area contributed by atoms with Crippen molar-refractivity contribution < 1.29 is 0 Å². The molecule has 0 saturated carbocycles. The zero-order valence-corrected chi connectivity index (χ0v) is 9.07. The molecular weight excluding hydrogens is 227 g/mol. The van der Waals surface area contributed by atoms with Crippen molar-refractivity contribution in [2.45, 2.75) is 4.90 Å². The fourth-order valence-electron chi connectivity index (χ4n) is 0.771. The number of benzene rings is 1. The molecule has 0 aliphatic carbocycles. The second kappa shape index (κ2) is 4.74. The number of hydrogen-bond acceptors (Lipinski definition) is 2. The first kappa shape index (κ1) is 10.7. The third-order valence-electron chi connectivity index (χ3n) is 1.34. The lowest BCUT2D eigenvalue weighted by Gasteiger charge is -2.00. The lowest BCUT2D eigenvalue weighted by Crippen LogP contribution is -2.12. The van der Waals surface area contributed by atoms with Crippen molar-refractivity contribution in [3.05, 3.63) is 23.2 Å². The van der Waals surface area contributed by atoms with Crippen LogP contribution >= 0.6 is 35.8 Å². The van der Waals surface area contributed by atoms with E-state index in [-0.39, 0.29) is 5.88 Å². The van der Waals surface area contributed by atoms with E-state index in [9.17, 15) is 0 Å². The number of thiol groups is 1. The van der Waals surface area contributed by atoms with E-state index >= 15 is 0 Å². The Labute approximate surface area is 92.2 Å². The van der Waals surface area contributed by atoms with Gasteiger partial charge in [0.15, 0.2) is 0 Å². The Kier molecular flexibility index (Phi) is 3.90. The minimum absolute atomic E-state index is 0.194. The summed E-state index contributed by atoms with van der Waals surface area (Å²) in [6.45, 7) is 0. The minimum Gasteiger partial charge on any atom is -0.386 e. The van der Waals surface area contributed by atoms with Crippen molar-refractivity contribution in [3.63, 3.8) is 0 Å². The monoisotopic (exact) mass is 234 g/mol. The fraction of sp³-hybridized carbons (Fsp3) is 0.125. The van der Waals surface area contributed by atoms with Gasteiger partial charge in [0.1, 0.15) is 5.84 Å². The lowest BCUT2D eigenvalue weighted by molar-refractivity contribution is 1.36. The van der Waals surface area contributed by atoms with Crippen molar-refractivity contribution in [2.24, 2.45) is 10.7 Å². The van der Waals surface area contributed by atoms with Crippen LogP contribution in [0.25, 0.3) is 0 Å². The number of rotatable bonds is 2. The average Bonchev–Trinajstić information content (AvgIpc) is 2.11. The van der Waals surface area contributed by atoms with Gasteiger partial charge in [0.05, 0.1) is 11.6 Å². The van der Waals surface area contributed by atoms with Crippen LogP contribution in [0.5, 0.6) is 0 Å². The van der Waals surface area contributed by atoms with Gasteiger partial charge in [-0.05, 0) is 18.2 Å². The summed E-state index contributed by atoms with van der Waals surface area (Å²) in [5.74, 6) is 0.541. The van der Waals surface area contributed by atoms with E-state index < -0.39 is 0 Å². The highest BCUT2D eigenvalue weighted by Crippen LogP contribution is 2.26. The zero-order chi connectivity index (χ0) is 9.84. The maximum atomic E-state index is 5.77. The summed E-state index contributed by atoms with van der Waals surface area (Å²) in [5, 5.41) is 0.596. The minimum atomic E-state index is 0.194. The second-order valence-corrected chi connectivity index (χ2v) is 3.56. The van der Waals surface area contributed by atoms with Crippen molar-refractivity contribution >= 4 is 47.4 Å². The van der Waals surface area contributed by atoms with Gasteiger partial charge in [-0.1, -0.05) is 11.6 Å². The highest BCUT2D eigenvalue weighted by molar-refractivity contribution is 7.80. The molecule has 0 spiro atoms. The van der Waals surface area contributed by atoms with Crippen LogP contribution in [0.15, 0.2) is 28.1 Å². The number of halogens is 2. The van der Waals surface area contributed by atoms with Gasteiger partial charge in [0.25, 0.3) is 0 Å². The molecule has 0 radical (unpaired) electrons. The van der Waals surface area contributed by atoms with Crippen LogP contribution in [0.3, 0.4) is 0 Å². The highest BCUT2D eigenvalue weighted by Gasteiger charge is 1.99. The van der Waals surface area contributed by atoms with E-state index in [1.165, 1.54) is 0 Å². The van der Waals surface area contributed by atoms with Crippen LogP contribution in [0.1, 0.15) is 0 Å². The van der Waals surface area contributed by atoms with E-state index in [1.807, 2.05) is 0 Å². The SMILES string of the molecule is NC(CCl)=Nc1cc(Cl)ccc1S. The zero-order valence-electron chi connectivity index (χ0n) is 6.67. The summed E-state index contributed by atoms with van der Waals surface area (Å²) in [6.07, 6.45) is 0. The Morgan fingerprint density at radius 1 is 1.54 bits per heavy atom. The molecule has 0 unspecified atom stereocenters. The third kappa shape index (κ3) is 3.10. The van der Waals surface area contributed by atoms with Crippen molar-refractivity contribution in [2.75, 3.05) is 5.88 Å². The number of nitrogens with two attached hydrogens (primary N) is 1. The van der Waals surface area contributed by atoms with E-state index in [1.54, 1.807) is 18.2 Å². The van der Waals surface area contributed by atoms with Crippen molar-refractivity contribution in [1.82, 2.24) is 0 Å². The molecule has 2 N–H and O–H groups in total. The van der Waals surface area contributed by atoms with E-state index in [2.05, 4.69) is 17.6 Å². The number of nitrogens with zero attached hydrogens (tertiary/aromatic N) is 1. The predicted molar refractivity (Wildman–Crippen MR) is 60.7 cm³/mol. The van der Waals surface area contributed by atoms with Crippen molar-refractivity contribution in [1.29, 1.82) is 0 Å². The molecule has 13 heavy (non-hydrogen) atoms. The van der Waals surface area contributed by atoms with Gasteiger partial charge in [-0.15, -0.1) is 24.2 Å². The summed E-state index contributed by atoms with van der Waals surface area (Å²) >= 11 is 15.4. The van der Waals surface area contributed by atoms with Gasteiger partial charge in [-0.25, -0.2) is 4.99 Å².